The maximum Gasteiger partial charge on any atom is 0.320 e. The summed E-state index contributed by atoms with van der Waals surface area (Å²) >= 11 is 0. The lowest BCUT2D eigenvalue weighted by Crippen LogP contribution is -2.51. The van der Waals surface area contributed by atoms with Gasteiger partial charge in [0.05, 0.1) is 18.1 Å². The molecule has 25 heavy (non-hydrogen) atoms. The zero-order valence-corrected chi connectivity index (χ0v) is 15.6. The molecule has 3 fully saturated rings. The van der Waals surface area contributed by atoms with Crippen molar-refractivity contribution in [2.24, 2.45) is 5.92 Å². The summed E-state index contributed by atoms with van der Waals surface area (Å²) in [6.07, 6.45) is 5.31. The number of likely N-dealkylation sites (tertiary alicyclic amines) is 1. The molecule has 2 aliphatic heterocycles. The fraction of sp³-hybridized carbons (Fsp3) is 0.882. The Bertz CT molecular complexity index is 635. The molecule has 0 aromatic rings. The molecule has 142 valence electrons. The molecule has 1 saturated carbocycles. The van der Waals surface area contributed by atoms with Crippen LogP contribution in [0.2, 0.25) is 0 Å². The van der Waals surface area contributed by atoms with E-state index in [1.54, 1.807) is 4.90 Å². The largest absolute Gasteiger partial charge is 0.480 e. The van der Waals surface area contributed by atoms with E-state index in [2.05, 4.69) is 0 Å². The van der Waals surface area contributed by atoms with Gasteiger partial charge < -0.3 is 10.0 Å². The average Bonchev–Trinajstić information content (AvgIpc) is 3.09. The van der Waals surface area contributed by atoms with Crippen molar-refractivity contribution < 1.29 is 23.1 Å². The van der Waals surface area contributed by atoms with Gasteiger partial charge in [0.2, 0.25) is 5.91 Å². The lowest BCUT2D eigenvalue weighted by atomic mass is 9.85. The molecule has 7 nitrogen and oxygen atoms in total. The third-order valence-electron chi connectivity index (χ3n) is 6.13. The zero-order valence-electron chi connectivity index (χ0n) is 14.8. The lowest BCUT2D eigenvalue weighted by Gasteiger charge is -2.35. The van der Waals surface area contributed by atoms with Crippen molar-refractivity contribution in [1.82, 2.24) is 9.80 Å². The van der Waals surface area contributed by atoms with Crippen LogP contribution in [0.15, 0.2) is 0 Å². The van der Waals surface area contributed by atoms with Gasteiger partial charge in [0.1, 0.15) is 6.04 Å². The summed E-state index contributed by atoms with van der Waals surface area (Å²) in [5.41, 5.74) is 0. The second kappa shape index (κ2) is 7.23. The fourth-order valence-electron chi connectivity index (χ4n) is 4.93. The van der Waals surface area contributed by atoms with Crippen molar-refractivity contribution in [3.05, 3.63) is 0 Å². The highest BCUT2D eigenvalue weighted by molar-refractivity contribution is 7.91. The Morgan fingerprint density at radius 2 is 1.92 bits per heavy atom. The Morgan fingerprint density at radius 1 is 1.20 bits per heavy atom. The molecule has 0 aromatic carbocycles. The van der Waals surface area contributed by atoms with Gasteiger partial charge in [-0.1, -0.05) is 12.8 Å². The first kappa shape index (κ1) is 18.6. The Balaban J connectivity index is 1.72. The molecule has 1 amide bonds. The van der Waals surface area contributed by atoms with E-state index in [1.807, 2.05) is 11.8 Å². The van der Waals surface area contributed by atoms with E-state index in [-0.39, 0.29) is 36.0 Å². The minimum absolute atomic E-state index is 0.0288. The number of sulfone groups is 1. The molecule has 0 radical (unpaired) electrons. The molecule has 0 unspecified atom stereocenters. The fourth-order valence-corrected chi connectivity index (χ4v) is 6.66. The number of fused-ring (bicyclic) bond motifs is 1. The molecule has 8 heteroatoms. The van der Waals surface area contributed by atoms with Crippen LogP contribution in [-0.2, 0) is 19.4 Å². The number of hydrogen-bond acceptors (Lipinski definition) is 5. The smallest absolute Gasteiger partial charge is 0.320 e. The normalized spacial score (nSPS) is 34.6. The van der Waals surface area contributed by atoms with Crippen LogP contribution in [-0.4, -0.2) is 77.9 Å². The van der Waals surface area contributed by atoms with Gasteiger partial charge in [0, 0.05) is 18.6 Å². The van der Waals surface area contributed by atoms with E-state index >= 15 is 0 Å². The summed E-state index contributed by atoms with van der Waals surface area (Å²) in [7, 11) is -3.06. The van der Waals surface area contributed by atoms with Crippen molar-refractivity contribution in [2.75, 3.05) is 24.6 Å². The third-order valence-corrected chi connectivity index (χ3v) is 7.88. The van der Waals surface area contributed by atoms with Crippen molar-refractivity contribution in [3.63, 3.8) is 0 Å². The van der Waals surface area contributed by atoms with E-state index in [1.165, 1.54) is 0 Å². The van der Waals surface area contributed by atoms with E-state index in [0.717, 1.165) is 25.7 Å². The van der Waals surface area contributed by atoms with Gasteiger partial charge in [0.15, 0.2) is 9.84 Å². The molecule has 3 aliphatic rings. The molecule has 2 saturated heterocycles. The summed E-state index contributed by atoms with van der Waals surface area (Å²) in [5, 5.41) is 9.57. The molecular formula is C17H28N2O5S. The van der Waals surface area contributed by atoms with Crippen molar-refractivity contribution in [3.8, 4) is 0 Å². The molecule has 0 aromatic heterocycles. The second-order valence-corrected chi connectivity index (χ2v) is 9.84. The highest BCUT2D eigenvalue weighted by Crippen LogP contribution is 2.39. The molecule has 2 heterocycles. The van der Waals surface area contributed by atoms with E-state index in [9.17, 15) is 23.1 Å². The minimum atomic E-state index is -3.06. The van der Waals surface area contributed by atoms with Crippen LogP contribution < -0.4 is 0 Å². The Morgan fingerprint density at radius 3 is 2.52 bits per heavy atom. The predicted octanol–water partition coefficient (Wildman–Crippen LogP) is 0.740. The average molecular weight is 372 g/mol. The topological polar surface area (TPSA) is 95.0 Å². The standard InChI is InChI=1S/C17H28N2O5S/c1-2-18(13-7-8-25(23,24)11-13)16(20)10-19-14-6-4-3-5-12(14)9-15(19)17(21)22/h12-15H,2-11H2,1H3,(H,21,22)/t12-,13-,14-,15-/m0/s1. The molecule has 0 spiro atoms. The minimum Gasteiger partial charge on any atom is -0.480 e. The zero-order chi connectivity index (χ0) is 18.2. The molecule has 1 aliphatic carbocycles. The summed E-state index contributed by atoms with van der Waals surface area (Å²) < 4.78 is 23.5. The van der Waals surface area contributed by atoms with Gasteiger partial charge in [0.25, 0.3) is 0 Å². The quantitative estimate of drug-likeness (QED) is 0.765. The van der Waals surface area contributed by atoms with Crippen molar-refractivity contribution >= 4 is 21.7 Å². The first-order valence-corrected chi connectivity index (χ1v) is 11.1. The number of nitrogens with zero attached hydrogens (tertiary/aromatic N) is 2. The highest BCUT2D eigenvalue weighted by atomic mass is 32.2. The van der Waals surface area contributed by atoms with Crippen LogP contribution in [0.25, 0.3) is 0 Å². The highest BCUT2D eigenvalue weighted by Gasteiger charge is 2.46. The van der Waals surface area contributed by atoms with Crippen LogP contribution in [0.4, 0.5) is 0 Å². The maximum atomic E-state index is 12.9. The van der Waals surface area contributed by atoms with Gasteiger partial charge in [-0.15, -0.1) is 0 Å². The van der Waals surface area contributed by atoms with Crippen LogP contribution in [0.5, 0.6) is 0 Å². The van der Waals surface area contributed by atoms with Gasteiger partial charge in [-0.05, 0) is 38.5 Å². The van der Waals surface area contributed by atoms with E-state index in [4.69, 9.17) is 0 Å². The number of carbonyl (C=O) groups is 2. The van der Waals surface area contributed by atoms with E-state index in [0.29, 0.717) is 25.3 Å². The van der Waals surface area contributed by atoms with Crippen molar-refractivity contribution in [2.45, 2.75) is 63.6 Å². The molecule has 4 atom stereocenters. The molecule has 3 rings (SSSR count). The van der Waals surface area contributed by atoms with Crippen LogP contribution in [0.3, 0.4) is 0 Å². The second-order valence-electron chi connectivity index (χ2n) is 7.61. The number of likely N-dealkylation sites (N-methyl/N-ethyl adjacent to an activating group) is 1. The van der Waals surface area contributed by atoms with Crippen LogP contribution >= 0.6 is 0 Å². The van der Waals surface area contributed by atoms with Gasteiger partial charge in [-0.3, -0.25) is 14.5 Å². The van der Waals surface area contributed by atoms with Crippen molar-refractivity contribution in [1.29, 1.82) is 0 Å². The Hall–Kier alpha value is -1.15. The number of amides is 1. The number of aliphatic carboxylic acids is 1. The van der Waals surface area contributed by atoms with Gasteiger partial charge >= 0.3 is 5.97 Å². The monoisotopic (exact) mass is 372 g/mol. The van der Waals surface area contributed by atoms with Crippen LogP contribution in [0, 0.1) is 5.92 Å². The number of carboxylic acids is 1. The summed E-state index contributed by atoms with van der Waals surface area (Å²) in [4.78, 5) is 28.1. The summed E-state index contributed by atoms with van der Waals surface area (Å²) in [6.45, 7) is 2.39. The lowest BCUT2D eigenvalue weighted by molar-refractivity contribution is -0.144. The van der Waals surface area contributed by atoms with E-state index < -0.39 is 21.8 Å². The van der Waals surface area contributed by atoms with Gasteiger partial charge in [-0.2, -0.15) is 0 Å². The van der Waals surface area contributed by atoms with Crippen LogP contribution in [0.1, 0.15) is 45.4 Å². The molecule has 1 N–H and O–H groups in total. The third kappa shape index (κ3) is 3.84. The maximum absolute atomic E-state index is 12.9. The number of rotatable bonds is 5. The molecule has 0 bridgehead atoms. The SMILES string of the molecule is CCN(C(=O)CN1[C@H](C(=O)O)C[C@@H]2CCCC[C@@H]21)[C@H]1CCS(=O)(=O)C1. The molecular weight excluding hydrogens is 344 g/mol. The van der Waals surface area contributed by atoms with Gasteiger partial charge in [-0.25, -0.2) is 8.42 Å². The number of carboxylic acid groups (broad SMARTS) is 1. The number of carbonyl (C=O) groups excluding carboxylic acids is 1. The summed E-state index contributed by atoms with van der Waals surface area (Å²) in [6, 6.07) is -0.691. The summed E-state index contributed by atoms with van der Waals surface area (Å²) in [5.74, 6) is -0.463. The first-order chi connectivity index (χ1) is 11.8. The Labute approximate surface area is 149 Å². The first-order valence-electron chi connectivity index (χ1n) is 9.31. The predicted molar refractivity (Wildman–Crippen MR) is 92.9 cm³/mol. The number of hydrogen-bond donors (Lipinski definition) is 1. The Kier molecular flexibility index (Phi) is 5.39.